The number of hydrogen-bond acceptors (Lipinski definition) is 3. The summed E-state index contributed by atoms with van der Waals surface area (Å²) >= 11 is 0. The molecule has 116 valence electrons. The van der Waals surface area contributed by atoms with E-state index in [1.54, 1.807) is 7.11 Å². The lowest BCUT2D eigenvalue weighted by Crippen LogP contribution is -2.45. The molecule has 1 aromatic rings. The first kappa shape index (κ1) is 15.8. The fourth-order valence-corrected chi connectivity index (χ4v) is 3.07. The first-order valence-corrected chi connectivity index (χ1v) is 7.52. The second-order valence-corrected chi connectivity index (χ2v) is 6.31. The number of benzene rings is 1. The zero-order valence-corrected chi connectivity index (χ0v) is 13.1. The van der Waals surface area contributed by atoms with Crippen LogP contribution in [0.2, 0.25) is 0 Å². The van der Waals surface area contributed by atoms with Gasteiger partial charge in [-0.3, -0.25) is 4.79 Å². The Morgan fingerprint density at radius 1 is 1.52 bits per heavy atom. The van der Waals surface area contributed by atoms with Crippen LogP contribution in [0.25, 0.3) is 0 Å². The van der Waals surface area contributed by atoms with Crippen molar-refractivity contribution in [3.63, 3.8) is 0 Å². The predicted molar refractivity (Wildman–Crippen MR) is 82.4 cm³/mol. The summed E-state index contributed by atoms with van der Waals surface area (Å²) in [6.45, 7) is 4.14. The summed E-state index contributed by atoms with van der Waals surface area (Å²) in [7, 11) is 1.64. The first-order valence-electron chi connectivity index (χ1n) is 7.52. The van der Waals surface area contributed by atoms with Gasteiger partial charge in [-0.25, -0.2) is 0 Å². The van der Waals surface area contributed by atoms with E-state index in [-0.39, 0.29) is 24.0 Å². The fourth-order valence-electron chi connectivity index (χ4n) is 3.07. The third-order valence-electron chi connectivity index (χ3n) is 4.62. The third kappa shape index (κ3) is 3.56. The summed E-state index contributed by atoms with van der Waals surface area (Å²) in [6.07, 6.45) is 3.31. The van der Waals surface area contributed by atoms with Crippen molar-refractivity contribution in [2.24, 2.45) is 5.41 Å². The molecule has 1 aliphatic rings. The van der Waals surface area contributed by atoms with E-state index < -0.39 is 0 Å². The van der Waals surface area contributed by atoms with Crippen molar-refractivity contribution in [2.75, 3.05) is 13.7 Å². The third-order valence-corrected chi connectivity index (χ3v) is 4.62. The number of ether oxygens (including phenoxy) is 1. The van der Waals surface area contributed by atoms with Gasteiger partial charge >= 0.3 is 0 Å². The SMILES string of the molecule is COc1cc(CC(=O)N[C@@H]2CCC[C@]2(C)CO)ccc1C. The van der Waals surface area contributed by atoms with Gasteiger partial charge in [-0.2, -0.15) is 0 Å². The molecule has 0 radical (unpaired) electrons. The second kappa shape index (κ2) is 6.48. The number of aliphatic hydroxyl groups is 1. The van der Waals surface area contributed by atoms with Crippen molar-refractivity contribution in [3.05, 3.63) is 29.3 Å². The van der Waals surface area contributed by atoms with Crippen LogP contribution in [-0.4, -0.2) is 30.8 Å². The Bertz CT molecular complexity index is 515. The quantitative estimate of drug-likeness (QED) is 0.874. The Labute approximate surface area is 126 Å². The van der Waals surface area contributed by atoms with Crippen molar-refractivity contribution in [3.8, 4) is 5.75 Å². The van der Waals surface area contributed by atoms with Gasteiger partial charge in [0.05, 0.1) is 20.1 Å². The molecule has 4 nitrogen and oxygen atoms in total. The molecule has 2 rings (SSSR count). The molecule has 2 atom stereocenters. The zero-order valence-electron chi connectivity index (χ0n) is 13.1. The van der Waals surface area contributed by atoms with E-state index in [1.807, 2.05) is 32.0 Å². The number of hydrogen-bond donors (Lipinski definition) is 2. The van der Waals surface area contributed by atoms with Gasteiger partial charge in [0.1, 0.15) is 5.75 Å². The number of nitrogens with one attached hydrogen (secondary N) is 1. The van der Waals surface area contributed by atoms with Gasteiger partial charge in [-0.05, 0) is 37.0 Å². The Kier molecular flexibility index (Phi) is 4.88. The highest BCUT2D eigenvalue weighted by Gasteiger charge is 2.38. The molecule has 1 aliphatic carbocycles. The van der Waals surface area contributed by atoms with Gasteiger partial charge in [-0.15, -0.1) is 0 Å². The molecule has 21 heavy (non-hydrogen) atoms. The minimum absolute atomic E-state index is 0.00693. The molecule has 0 spiro atoms. The normalized spacial score (nSPS) is 24.9. The lowest BCUT2D eigenvalue weighted by Gasteiger charge is -2.30. The van der Waals surface area contributed by atoms with Crippen LogP contribution in [0.3, 0.4) is 0 Å². The molecule has 0 aliphatic heterocycles. The number of carbonyl (C=O) groups excluding carboxylic acids is 1. The molecule has 0 bridgehead atoms. The number of aliphatic hydroxyl groups excluding tert-OH is 1. The standard InChI is InChI=1S/C17H25NO3/c1-12-6-7-13(9-14(12)21-3)10-16(20)18-15-5-4-8-17(15,2)11-19/h6-7,9,15,19H,4-5,8,10-11H2,1-3H3,(H,18,20)/t15-,17-/m1/s1. The molecule has 1 aromatic carbocycles. The van der Waals surface area contributed by atoms with Gasteiger partial charge in [0, 0.05) is 11.5 Å². The predicted octanol–water partition coefficient (Wildman–Crippen LogP) is 2.21. The van der Waals surface area contributed by atoms with Gasteiger partial charge < -0.3 is 15.2 Å². The molecular weight excluding hydrogens is 266 g/mol. The van der Waals surface area contributed by atoms with Crippen molar-refractivity contribution in [1.29, 1.82) is 0 Å². The Morgan fingerprint density at radius 2 is 2.29 bits per heavy atom. The summed E-state index contributed by atoms with van der Waals surface area (Å²) < 4.78 is 5.29. The molecule has 0 heterocycles. The maximum atomic E-state index is 12.2. The minimum atomic E-state index is -0.180. The van der Waals surface area contributed by atoms with Crippen molar-refractivity contribution in [2.45, 2.75) is 45.6 Å². The molecule has 0 unspecified atom stereocenters. The van der Waals surface area contributed by atoms with Crippen molar-refractivity contribution >= 4 is 5.91 Å². The average molecular weight is 291 g/mol. The molecule has 0 saturated heterocycles. The Hall–Kier alpha value is -1.55. The topological polar surface area (TPSA) is 58.6 Å². The zero-order chi connectivity index (χ0) is 15.5. The smallest absolute Gasteiger partial charge is 0.224 e. The number of methoxy groups -OCH3 is 1. The van der Waals surface area contributed by atoms with E-state index in [0.717, 1.165) is 36.1 Å². The molecule has 4 heteroatoms. The van der Waals surface area contributed by atoms with Crippen LogP contribution >= 0.6 is 0 Å². The number of rotatable bonds is 5. The van der Waals surface area contributed by atoms with Crippen molar-refractivity contribution < 1.29 is 14.6 Å². The van der Waals surface area contributed by atoms with Crippen LogP contribution in [-0.2, 0) is 11.2 Å². The van der Waals surface area contributed by atoms with E-state index in [9.17, 15) is 9.90 Å². The van der Waals surface area contributed by atoms with Crippen LogP contribution < -0.4 is 10.1 Å². The van der Waals surface area contributed by atoms with Crippen LogP contribution in [0.1, 0.15) is 37.3 Å². The monoisotopic (exact) mass is 291 g/mol. The van der Waals surface area contributed by atoms with E-state index in [1.165, 1.54) is 0 Å². The van der Waals surface area contributed by atoms with Crippen LogP contribution in [0.4, 0.5) is 0 Å². The van der Waals surface area contributed by atoms with Crippen LogP contribution in [0, 0.1) is 12.3 Å². The summed E-state index contributed by atoms with van der Waals surface area (Å²) in [5, 5.41) is 12.6. The maximum Gasteiger partial charge on any atom is 0.224 e. The van der Waals surface area contributed by atoms with E-state index in [4.69, 9.17) is 4.74 Å². The average Bonchev–Trinajstić information content (AvgIpc) is 2.83. The summed E-state index contributed by atoms with van der Waals surface area (Å²) in [5.74, 6) is 0.814. The molecule has 0 aromatic heterocycles. The molecule has 2 N–H and O–H groups in total. The highest BCUT2D eigenvalue weighted by molar-refractivity contribution is 5.79. The van der Waals surface area contributed by atoms with E-state index in [0.29, 0.717) is 6.42 Å². The van der Waals surface area contributed by atoms with E-state index in [2.05, 4.69) is 5.32 Å². The Balaban J connectivity index is 1.99. The molecule has 1 amide bonds. The van der Waals surface area contributed by atoms with Crippen molar-refractivity contribution in [1.82, 2.24) is 5.32 Å². The first-order chi connectivity index (χ1) is 9.98. The summed E-state index contributed by atoms with van der Waals surface area (Å²) in [6, 6.07) is 5.91. The molecular formula is C17H25NO3. The summed E-state index contributed by atoms with van der Waals surface area (Å²) in [4.78, 5) is 12.2. The molecule has 1 saturated carbocycles. The lowest BCUT2D eigenvalue weighted by molar-refractivity contribution is -0.122. The van der Waals surface area contributed by atoms with E-state index >= 15 is 0 Å². The minimum Gasteiger partial charge on any atom is -0.496 e. The highest BCUT2D eigenvalue weighted by Crippen LogP contribution is 2.37. The maximum absolute atomic E-state index is 12.2. The van der Waals surface area contributed by atoms with Crippen LogP contribution in [0.15, 0.2) is 18.2 Å². The van der Waals surface area contributed by atoms with Gasteiger partial charge in [-0.1, -0.05) is 25.5 Å². The number of carbonyl (C=O) groups is 1. The van der Waals surface area contributed by atoms with Crippen LogP contribution in [0.5, 0.6) is 5.75 Å². The largest absolute Gasteiger partial charge is 0.496 e. The number of amides is 1. The summed E-state index contributed by atoms with van der Waals surface area (Å²) in [5.41, 5.74) is 1.82. The second-order valence-electron chi connectivity index (χ2n) is 6.31. The molecule has 1 fully saturated rings. The number of aryl methyl sites for hydroxylation is 1. The highest BCUT2D eigenvalue weighted by atomic mass is 16.5. The fraction of sp³-hybridized carbons (Fsp3) is 0.588. The van der Waals surface area contributed by atoms with Gasteiger partial charge in [0.25, 0.3) is 0 Å². The lowest BCUT2D eigenvalue weighted by atomic mass is 9.85. The Morgan fingerprint density at radius 3 is 2.95 bits per heavy atom. The van der Waals surface area contributed by atoms with Gasteiger partial charge in [0.15, 0.2) is 0 Å². The van der Waals surface area contributed by atoms with Gasteiger partial charge in [0.2, 0.25) is 5.91 Å².